The number of rotatable bonds is 7. The molecular formula is C14H17F3N2O3. The molecule has 0 radical (unpaired) electrons. The van der Waals surface area contributed by atoms with Gasteiger partial charge in [-0.05, 0) is 24.3 Å². The summed E-state index contributed by atoms with van der Waals surface area (Å²) in [6.45, 7) is 1.97. The number of carbonyl (C=O) groups is 2. The molecule has 0 aliphatic rings. The first-order valence-corrected chi connectivity index (χ1v) is 6.60. The Balaban J connectivity index is 2.22. The van der Waals surface area contributed by atoms with Crippen LogP contribution in [0.15, 0.2) is 24.3 Å². The lowest BCUT2D eigenvalue weighted by molar-refractivity contribution is -0.137. The molecule has 22 heavy (non-hydrogen) atoms. The molecule has 1 aromatic carbocycles. The summed E-state index contributed by atoms with van der Waals surface area (Å²) < 4.78 is 42.3. The second-order valence-electron chi connectivity index (χ2n) is 4.45. The van der Waals surface area contributed by atoms with Gasteiger partial charge in [0.2, 0.25) is 11.8 Å². The fraction of sp³-hybridized carbons (Fsp3) is 0.429. The van der Waals surface area contributed by atoms with Gasteiger partial charge in [-0.25, -0.2) is 0 Å². The third-order valence-electron chi connectivity index (χ3n) is 2.60. The van der Waals surface area contributed by atoms with Crippen LogP contribution in [0, 0.1) is 0 Å². The topological polar surface area (TPSA) is 67.4 Å². The van der Waals surface area contributed by atoms with Crippen molar-refractivity contribution < 1.29 is 27.5 Å². The molecule has 2 N–H and O–H groups in total. The van der Waals surface area contributed by atoms with Gasteiger partial charge in [-0.3, -0.25) is 9.59 Å². The van der Waals surface area contributed by atoms with E-state index in [4.69, 9.17) is 4.74 Å². The van der Waals surface area contributed by atoms with Crippen molar-refractivity contribution in [2.24, 2.45) is 0 Å². The number of hydrogen-bond acceptors (Lipinski definition) is 3. The van der Waals surface area contributed by atoms with Crippen LogP contribution >= 0.6 is 0 Å². The van der Waals surface area contributed by atoms with Crippen molar-refractivity contribution in [3.05, 3.63) is 29.8 Å². The zero-order chi connectivity index (χ0) is 16.6. The quantitative estimate of drug-likeness (QED) is 0.752. The summed E-state index contributed by atoms with van der Waals surface area (Å²) in [5.74, 6) is -0.163. The Morgan fingerprint density at radius 3 is 2.27 bits per heavy atom. The van der Waals surface area contributed by atoms with Crippen molar-refractivity contribution in [3.8, 4) is 5.75 Å². The number of nitrogens with one attached hydrogen (secondary N) is 2. The van der Waals surface area contributed by atoms with E-state index in [1.807, 2.05) is 0 Å². The lowest BCUT2D eigenvalue weighted by atomic mass is 10.2. The first-order valence-electron chi connectivity index (χ1n) is 6.60. The summed E-state index contributed by atoms with van der Waals surface area (Å²) in [6.07, 6.45) is -4.22. The van der Waals surface area contributed by atoms with Crippen LogP contribution in [0.1, 0.15) is 18.9 Å². The number of halogens is 3. The Labute approximate surface area is 125 Å². The molecule has 0 bridgehead atoms. The second-order valence-corrected chi connectivity index (χ2v) is 4.45. The van der Waals surface area contributed by atoms with Gasteiger partial charge in [0.1, 0.15) is 12.4 Å². The molecule has 0 saturated heterocycles. The molecule has 0 aliphatic carbocycles. The first kappa shape index (κ1) is 17.8. The lowest BCUT2D eigenvalue weighted by Crippen LogP contribution is -2.31. The van der Waals surface area contributed by atoms with E-state index in [-0.39, 0.29) is 37.9 Å². The maximum Gasteiger partial charge on any atom is 0.416 e. The van der Waals surface area contributed by atoms with E-state index in [9.17, 15) is 22.8 Å². The van der Waals surface area contributed by atoms with E-state index in [0.29, 0.717) is 5.75 Å². The van der Waals surface area contributed by atoms with E-state index in [2.05, 4.69) is 10.6 Å². The highest BCUT2D eigenvalue weighted by Crippen LogP contribution is 2.30. The number of amides is 2. The van der Waals surface area contributed by atoms with Crippen LogP contribution in [0.25, 0.3) is 0 Å². The third-order valence-corrected chi connectivity index (χ3v) is 2.60. The minimum Gasteiger partial charge on any atom is -0.492 e. The molecule has 0 heterocycles. The summed E-state index contributed by atoms with van der Waals surface area (Å²) in [5.41, 5.74) is -0.744. The van der Waals surface area contributed by atoms with E-state index in [1.165, 1.54) is 19.1 Å². The summed E-state index contributed by atoms with van der Waals surface area (Å²) in [4.78, 5) is 21.9. The Hall–Kier alpha value is -2.25. The number of hydrogen-bond donors (Lipinski definition) is 2. The standard InChI is InChI=1S/C14H17F3N2O3/c1-10(20)18-7-6-13(21)19-8-9-22-12-4-2-11(3-5-12)14(15,16)17/h2-5H,6-9H2,1H3,(H,18,20)(H,19,21). The van der Waals surface area contributed by atoms with Crippen LogP contribution < -0.4 is 15.4 Å². The monoisotopic (exact) mass is 318 g/mol. The van der Waals surface area contributed by atoms with Gasteiger partial charge in [0.25, 0.3) is 0 Å². The molecule has 1 rings (SSSR count). The van der Waals surface area contributed by atoms with Crippen LogP contribution in [-0.4, -0.2) is 31.5 Å². The summed E-state index contributed by atoms with van der Waals surface area (Å²) in [7, 11) is 0. The predicted octanol–water partition coefficient (Wildman–Crippen LogP) is 1.73. The van der Waals surface area contributed by atoms with Crippen LogP contribution in [0.4, 0.5) is 13.2 Å². The Kier molecular flexibility index (Phi) is 6.68. The van der Waals surface area contributed by atoms with Crippen LogP contribution in [0.2, 0.25) is 0 Å². The van der Waals surface area contributed by atoms with Gasteiger partial charge in [0.05, 0.1) is 12.1 Å². The van der Waals surface area contributed by atoms with E-state index in [1.54, 1.807) is 0 Å². The Morgan fingerprint density at radius 2 is 1.73 bits per heavy atom. The minimum atomic E-state index is -4.37. The van der Waals surface area contributed by atoms with Gasteiger partial charge < -0.3 is 15.4 Å². The molecular weight excluding hydrogens is 301 g/mol. The number of carbonyl (C=O) groups excluding carboxylic acids is 2. The van der Waals surface area contributed by atoms with E-state index in [0.717, 1.165) is 12.1 Å². The smallest absolute Gasteiger partial charge is 0.416 e. The molecule has 0 saturated carbocycles. The lowest BCUT2D eigenvalue weighted by Gasteiger charge is -2.10. The molecule has 2 amide bonds. The van der Waals surface area contributed by atoms with Gasteiger partial charge in [0.15, 0.2) is 0 Å². The first-order chi connectivity index (χ1) is 10.3. The summed E-state index contributed by atoms with van der Waals surface area (Å²) in [6, 6.07) is 4.31. The molecule has 0 aromatic heterocycles. The zero-order valence-corrected chi connectivity index (χ0v) is 12.0. The van der Waals surface area contributed by atoms with Crippen molar-refractivity contribution >= 4 is 11.8 Å². The van der Waals surface area contributed by atoms with Crippen molar-refractivity contribution in [2.75, 3.05) is 19.7 Å². The highest BCUT2D eigenvalue weighted by molar-refractivity contribution is 5.77. The maximum atomic E-state index is 12.4. The SMILES string of the molecule is CC(=O)NCCC(=O)NCCOc1ccc(C(F)(F)F)cc1. The van der Waals surface area contributed by atoms with E-state index < -0.39 is 11.7 Å². The van der Waals surface area contributed by atoms with Gasteiger partial charge in [-0.15, -0.1) is 0 Å². The van der Waals surface area contributed by atoms with Crippen LogP contribution in [0.5, 0.6) is 5.75 Å². The van der Waals surface area contributed by atoms with Crippen LogP contribution in [0.3, 0.4) is 0 Å². The highest BCUT2D eigenvalue weighted by atomic mass is 19.4. The molecule has 0 fully saturated rings. The molecule has 0 aliphatic heterocycles. The molecule has 0 unspecified atom stereocenters. The molecule has 1 aromatic rings. The second kappa shape index (κ2) is 8.26. The molecule has 0 spiro atoms. The molecule has 122 valence electrons. The van der Waals surface area contributed by atoms with Crippen molar-refractivity contribution in [2.45, 2.75) is 19.5 Å². The fourth-order valence-corrected chi connectivity index (χ4v) is 1.54. The maximum absolute atomic E-state index is 12.4. The third kappa shape index (κ3) is 6.96. The molecule has 5 nitrogen and oxygen atoms in total. The average Bonchev–Trinajstić information content (AvgIpc) is 2.43. The zero-order valence-electron chi connectivity index (χ0n) is 12.0. The van der Waals surface area contributed by atoms with Gasteiger partial charge in [-0.2, -0.15) is 13.2 Å². The Bertz CT molecular complexity index is 501. The van der Waals surface area contributed by atoms with Gasteiger partial charge >= 0.3 is 6.18 Å². The highest BCUT2D eigenvalue weighted by Gasteiger charge is 2.29. The predicted molar refractivity (Wildman–Crippen MR) is 73.2 cm³/mol. The largest absolute Gasteiger partial charge is 0.492 e. The molecule has 0 atom stereocenters. The average molecular weight is 318 g/mol. The summed E-state index contributed by atoms with van der Waals surface area (Å²) >= 11 is 0. The number of alkyl halides is 3. The number of benzene rings is 1. The van der Waals surface area contributed by atoms with Crippen molar-refractivity contribution in [3.63, 3.8) is 0 Å². The van der Waals surface area contributed by atoms with Gasteiger partial charge in [-0.1, -0.05) is 0 Å². The van der Waals surface area contributed by atoms with E-state index >= 15 is 0 Å². The van der Waals surface area contributed by atoms with Crippen molar-refractivity contribution in [1.29, 1.82) is 0 Å². The normalized spacial score (nSPS) is 10.9. The van der Waals surface area contributed by atoms with Crippen LogP contribution in [-0.2, 0) is 15.8 Å². The fourth-order valence-electron chi connectivity index (χ4n) is 1.54. The van der Waals surface area contributed by atoms with Crippen molar-refractivity contribution in [1.82, 2.24) is 10.6 Å². The number of ether oxygens (including phenoxy) is 1. The minimum absolute atomic E-state index is 0.136. The van der Waals surface area contributed by atoms with Gasteiger partial charge in [0, 0.05) is 19.9 Å². The Morgan fingerprint density at radius 1 is 1.09 bits per heavy atom. The summed E-state index contributed by atoms with van der Waals surface area (Å²) in [5, 5.41) is 5.05. The molecule has 8 heteroatoms.